The molecule has 0 aliphatic carbocycles. The summed E-state index contributed by atoms with van der Waals surface area (Å²) in [6.07, 6.45) is 0.650. The Kier molecular flexibility index (Phi) is 4.25. The van der Waals surface area contributed by atoms with Crippen LogP contribution in [-0.4, -0.2) is 16.1 Å². The first-order valence-electron chi connectivity index (χ1n) is 9.47. The summed E-state index contributed by atoms with van der Waals surface area (Å²) in [7, 11) is 0. The zero-order valence-electron chi connectivity index (χ0n) is 16.2. The average molecular weight is 421 g/mol. The second kappa shape index (κ2) is 6.84. The number of fused-ring (bicyclic) bond motifs is 2. The maximum atomic E-state index is 14.8. The van der Waals surface area contributed by atoms with E-state index < -0.39 is 17.8 Å². The summed E-state index contributed by atoms with van der Waals surface area (Å²) in [5.41, 5.74) is 1.18. The van der Waals surface area contributed by atoms with Gasteiger partial charge in [-0.25, -0.2) is 4.39 Å². The van der Waals surface area contributed by atoms with Crippen LogP contribution in [0, 0.1) is 12.7 Å². The van der Waals surface area contributed by atoms with Crippen molar-refractivity contribution in [3.8, 4) is 0 Å². The first-order valence-corrected chi connectivity index (χ1v) is 10.3. The molecule has 0 fully saturated rings. The van der Waals surface area contributed by atoms with Gasteiger partial charge in [-0.1, -0.05) is 48.1 Å². The summed E-state index contributed by atoms with van der Waals surface area (Å²) in [6, 6.07) is 10.3. The van der Waals surface area contributed by atoms with Gasteiger partial charge >= 0.3 is 0 Å². The zero-order valence-corrected chi connectivity index (χ0v) is 17.0. The number of aromatic nitrogens is 2. The van der Waals surface area contributed by atoms with Gasteiger partial charge < -0.3 is 4.42 Å². The molecule has 3 heterocycles. The molecule has 0 spiro atoms. The maximum Gasteiger partial charge on any atom is 0.297 e. The second-order valence-corrected chi connectivity index (χ2v) is 8.15. The van der Waals surface area contributed by atoms with Gasteiger partial charge in [0.2, 0.25) is 10.9 Å². The van der Waals surface area contributed by atoms with Crippen LogP contribution in [0.25, 0.3) is 11.0 Å². The Bertz CT molecular complexity index is 1380. The van der Waals surface area contributed by atoms with E-state index in [0.717, 1.165) is 10.6 Å². The fourth-order valence-corrected chi connectivity index (χ4v) is 4.57. The quantitative estimate of drug-likeness (QED) is 0.490. The molecule has 0 N–H and O–H groups in total. The molecule has 1 aliphatic heterocycles. The van der Waals surface area contributed by atoms with Gasteiger partial charge in [0.05, 0.1) is 10.9 Å². The number of halogens is 1. The molecule has 1 aliphatic rings. The summed E-state index contributed by atoms with van der Waals surface area (Å²) >= 11 is 1.24. The Morgan fingerprint density at radius 1 is 1.17 bits per heavy atom. The molecular weight excluding hydrogens is 405 g/mol. The Hall–Kier alpha value is -3.39. The molecule has 2 aromatic heterocycles. The van der Waals surface area contributed by atoms with Crippen molar-refractivity contribution in [3.63, 3.8) is 0 Å². The molecule has 8 heteroatoms. The first-order chi connectivity index (χ1) is 14.5. The lowest BCUT2D eigenvalue weighted by atomic mass is 9.98. The molecule has 30 heavy (non-hydrogen) atoms. The molecule has 1 atom stereocenters. The molecule has 5 rings (SSSR count). The number of rotatable bonds is 3. The normalized spacial score (nSPS) is 15.8. The highest BCUT2D eigenvalue weighted by Crippen LogP contribution is 2.42. The lowest BCUT2D eigenvalue weighted by Crippen LogP contribution is -2.30. The van der Waals surface area contributed by atoms with E-state index in [1.165, 1.54) is 22.3 Å². The molecule has 2 aromatic carbocycles. The van der Waals surface area contributed by atoms with E-state index in [-0.39, 0.29) is 22.3 Å². The van der Waals surface area contributed by atoms with Crippen molar-refractivity contribution in [2.24, 2.45) is 0 Å². The number of aryl methyl sites for hydroxylation is 2. The average Bonchev–Trinajstić information content (AvgIpc) is 3.32. The molecule has 1 amide bonds. The van der Waals surface area contributed by atoms with Crippen molar-refractivity contribution >= 4 is 33.3 Å². The fraction of sp³-hybridized carbons (Fsp3) is 0.182. The molecule has 0 saturated heterocycles. The Balaban J connectivity index is 1.83. The van der Waals surface area contributed by atoms with Gasteiger partial charge in [-0.3, -0.25) is 14.5 Å². The minimum atomic E-state index is -0.979. The zero-order chi connectivity index (χ0) is 21.0. The highest BCUT2D eigenvalue weighted by molar-refractivity contribution is 7.15. The molecule has 0 bridgehead atoms. The van der Waals surface area contributed by atoms with Crippen LogP contribution >= 0.6 is 11.3 Å². The highest BCUT2D eigenvalue weighted by atomic mass is 32.1. The summed E-state index contributed by atoms with van der Waals surface area (Å²) in [5.74, 6) is -1.13. The number of benzene rings is 2. The third kappa shape index (κ3) is 2.68. The monoisotopic (exact) mass is 421 g/mol. The number of hydrogen-bond acceptors (Lipinski definition) is 6. The van der Waals surface area contributed by atoms with E-state index in [2.05, 4.69) is 10.2 Å². The lowest BCUT2D eigenvalue weighted by Gasteiger charge is -2.22. The van der Waals surface area contributed by atoms with Crippen LogP contribution in [0.15, 0.2) is 51.7 Å². The van der Waals surface area contributed by atoms with E-state index in [1.807, 2.05) is 19.9 Å². The predicted octanol–water partition coefficient (Wildman–Crippen LogP) is 4.40. The minimum absolute atomic E-state index is 0.0853. The van der Waals surface area contributed by atoms with Crippen LogP contribution in [0.4, 0.5) is 9.52 Å². The van der Waals surface area contributed by atoms with Crippen LogP contribution < -0.4 is 10.3 Å². The summed E-state index contributed by atoms with van der Waals surface area (Å²) in [4.78, 5) is 28.1. The van der Waals surface area contributed by atoms with Crippen LogP contribution in [0.1, 0.15) is 45.2 Å². The van der Waals surface area contributed by atoms with Crippen molar-refractivity contribution in [2.75, 3.05) is 4.90 Å². The number of carbonyl (C=O) groups excluding carboxylic acids is 1. The van der Waals surface area contributed by atoms with Crippen molar-refractivity contribution in [1.29, 1.82) is 0 Å². The topological polar surface area (TPSA) is 76.3 Å². The SMILES string of the molecule is CCc1nnc(N2C(=O)c3oc4ccc(C)cc4c(=O)c3[C@@H]2c2ccccc2F)s1. The number of anilines is 1. The lowest BCUT2D eigenvalue weighted by molar-refractivity contribution is 0.0970. The summed E-state index contributed by atoms with van der Waals surface area (Å²) in [6.45, 7) is 3.80. The Morgan fingerprint density at radius 3 is 2.70 bits per heavy atom. The van der Waals surface area contributed by atoms with Crippen LogP contribution in [0.3, 0.4) is 0 Å². The molecule has 4 aromatic rings. The minimum Gasteiger partial charge on any atom is -0.450 e. The molecule has 6 nitrogen and oxygen atoms in total. The Morgan fingerprint density at radius 2 is 1.97 bits per heavy atom. The van der Waals surface area contributed by atoms with Gasteiger partial charge in [0.1, 0.15) is 22.4 Å². The third-order valence-corrected chi connectivity index (χ3v) is 6.26. The Labute approximate surface area is 174 Å². The molecule has 150 valence electrons. The van der Waals surface area contributed by atoms with E-state index in [4.69, 9.17) is 4.42 Å². The van der Waals surface area contributed by atoms with Crippen molar-refractivity contribution in [2.45, 2.75) is 26.3 Å². The number of hydrogen-bond donors (Lipinski definition) is 0. The molecule has 0 saturated carbocycles. The highest BCUT2D eigenvalue weighted by Gasteiger charge is 2.46. The van der Waals surface area contributed by atoms with Gasteiger partial charge in [-0.15, -0.1) is 10.2 Å². The van der Waals surface area contributed by atoms with Gasteiger partial charge in [-0.2, -0.15) is 0 Å². The maximum absolute atomic E-state index is 14.8. The van der Waals surface area contributed by atoms with Gasteiger partial charge in [0, 0.05) is 5.56 Å². The largest absolute Gasteiger partial charge is 0.450 e. The van der Waals surface area contributed by atoms with Crippen LogP contribution in [-0.2, 0) is 6.42 Å². The van der Waals surface area contributed by atoms with E-state index in [9.17, 15) is 14.0 Å². The number of amides is 1. The van der Waals surface area contributed by atoms with Gasteiger partial charge in [0.15, 0.2) is 5.43 Å². The first kappa shape index (κ1) is 18.6. The van der Waals surface area contributed by atoms with Crippen molar-refractivity contribution in [3.05, 3.63) is 86.0 Å². The van der Waals surface area contributed by atoms with E-state index >= 15 is 0 Å². The second-order valence-electron chi connectivity index (χ2n) is 7.10. The van der Waals surface area contributed by atoms with E-state index in [0.29, 0.717) is 22.5 Å². The smallest absolute Gasteiger partial charge is 0.297 e. The molecule has 0 unspecified atom stereocenters. The number of nitrogens with zero attached hydrogens (tertiary/aromatic N) is 3. The summed E-state index contributed by atoms with van der Waals surface area (Å²) in [5, 5.41) is 9.61. The number of carbonyl (C=O) groups is 1. The summed E-state index contributed by atoms with van der Waals surface area (Å²) < 4.78 is 20.7. The fourth-order valence-electron chi connectivity index (χ4n) is 3.76. The van der Waals surface area contributed by atoms with Crippen LogP contribution in [0.5, 0.6) is 0 Å². The van der Waals surface area contributed by atoms with Crippen LogP contribution in [0.2, 0.25) is 0 Å². The van der Waals surface area contributed by atoms with Gasteiger partial charge in [-0.05, 0) is 31.5 Å². The third-order valence-electron chi connectivity index (χ3n) is 5.19. The van der Waals surface area contributed by atoms with Crippen molar-refractivity contribution in [1.82, 2.24) is 10.2 Å². The molecule has 0 radical (unpaired) electrons. The standard InChI is InChI=1S/C22H16FN3O3S/c1-3-16-24-25-22(30-16)26-18(12-6-4-5-7-14(12)23)17-19(27)13-10-11(2)8-9-15(13)29-20(17)21(26)28/h4-10,18H,3H2,1-2H3/t18-/m0/s1. The predicted molar refractivity (Wildman–Crippen MR) is 112 cm³/mol. The van der Waals surface area contributed by atoms with Crippen molar-refractivity contribution < 1.29 is 13.6 Å². The molecular formula is C22H16FN3O3S. The van der Waals surface area contributed by atoms with Gasteiger partial charge in [0.25, 0.3) is 5.91 Å². The van der Waals surface area contributed by atoms with E-state index in [1.54, 1.807) is 30.3 Å².